The van der Waals surface area contributed by atoms with Gasteiger partial charge in [-0.05, 0) is 18.1 Å². The van der Waals surface area contributed by atoms with E-state index in [0.29, 0.717) is 5.56 Å². The highest BCUT2D eigenvalue weighted by atomic mass is 19.3. The van der Waals surface area contributed by atoms with Gasteiger partial charge in [-0.25, -0.2) is 13.8 Å². The number of rotatable bonds is 8. The highest BCUT2D eigenvalue weighted by Gasteiger charge is 2.41. The first-order valence-corrected chi connectivity index (χ1v) is 5.76. The number of pyridine rings is 1. The highest BCUT2D eigenvalue weighted by Crippen LogP contribution is 2.23. The normalized spacial score (nSPS) is 13.7. The minimum Gasteiger partial charge on any atom is -0.383 e. The van der Waals surface area contributed by atoms with Crippen molar-refractivity contribution in [1.82, 2.24) is 10.4 Å². The first-order chi connectivity index (χ1) is 9.36. The predicted molar refractivity (Wildman–Crippen MR) is 65.2 cm³/mol. The van der Waals surface area contributed by atoms with Gasteiger partial charge in [0.25, 0.3) is 0 Å². The number of hydrogen-bond donors (Lipinski definition) is 3. The average molecular weight is 296 g/mol. The predicted octanol–water partition coefficient (Wildman–Crippen LogP) is 0.955. The molecule has 0 radical (unpaired) electrons. The van der Waals surface area contributed by atoms with Gasteiger partial charge in [-0.1, -0.05) is 6.07 Å². The fraction of sp³-hybridized carbons (Fsp3) is 0.545. The Morgan fingerprint density at radius 3 is 2.65 bits per heavy atom. The van der Waals surface area contributed by atoms with Gasteiger partial charge in [-0.3, -0.25) is 11.3 Å². The number of nitrogens with two attached hydrogens (primary N) is 2. The van der Waals surface area contributed by atoms with Crippen LogP contribution in [0.15, 0.2) is 18.3 Å². The lowest BCUT2D eigenvalue weighted by Crippen LogP contribution is -2.42. The fourth-order valence-electron chi connectivity index (χ4n) is 1.46. The van der Waals surface area contributed by atoms with Crippen molar-refractivity contribution in [2.75, 3.05) is 18.9 Å². The second-order valence-corrected chi connectivity index (χ2v) is 4.19. The fourth-order valence-corrected chi connectivity index (χ4v) is 1.46. The number of nitrogen functional groups attached to an aromatic ring is 1. The number of aromatic nitrogens is 1. The van der Waals surface area contributed by atoms with Gasteiger partial charge in [0.15, 0.2) is 0 Å². The molecule has 9 heteroatoms. The molecule has 1 atom stereocenters. The van der Waals surface area contributed by atoms with Crippen LogP contribution in [0.5, 0.6) is 0 Å². The Morgan fingerprint density at radius 1 is 1.40 bits per heavy atom. The summed E-state index contributed by atoms with van der Waals surface area (Å²) in [6, 6.07) is 2.81. The van der Waals surface area contributed by atoms with E-state index in [1.807, 2.05) is 0 Å². The van der Waals surface area contributed by atoms with E-state index in [9.17, 15) is 17.6 Å². The van der Waals surface area contributed by atoms with Crippen molar-refractivity contribution in [3.05, 3.63) is 23.9 Å². The molecule has 0 aliphatic heterocycles. The molecule has 114 valence electrons. The summed E-state index contributed by atoms with van der Waals surface area (Å²) in [5.74, 6) is 1.36. The molecule has 1 rings (SSSR count). The van der Waals surface area contributed by atoms with Crippen molar-refractivity contribution in [2.45, 2.75) is 24.8 Å². The smallest absolute Gasteiger partial charge is 0.330 e. The number of hydrazine groups is 1. The monoisotopic (exact) mass is 296 g/mol. The van der Waals surface area contributed by atoms with Crippen molar-refractivity contribution < 1.29 is 22.3 Å². The Morgan fingerprint density at radius 2 is 2.10 bits per heavy atom. The molecule has 0 aromatic carbocycles. The SMILES string of the molecule is NNC(COCC(F)(F)C(F)F)Cc1cccnc1N. The number of anilines is 1. The Hall–Kier alpha value is -1.45. The van der Waals surface area contributed by atoms with Crippen molar-refractivity contribution >= 4 is 5.82 Å². The molecule has 0 aliphatic carbocycles. The lowest BCUT2D eigenvalue weighted by Gasteiger charge is -2.19. The Bertz CT molecular complexity index is 419. The third-order valence-electron chi connectivity index (χ3n) is 2.56. The molecule has 0 saturated heterocycles. The van der Waals surface area contributed by atoms with E-state index in [4.69, 9.17) is 11.6 Å². The Kier molecular flexibility index (Phi) is 6.11. The zero-order valence-corrected chi connectivity index (χ0v) is 10.5. The molecular weight excluding hydrogens is 280 g/mol. The molecule has 5 nitrogen and oxygen atoms in total. The van der Waals surface area contributed by atoms with Gasteiger partial charge in [0, 0.05) is 12.2 Å². The molecular formula is C11H16F4N4O. The van der Waals surface area contributed by atoms with E-state index in [1.165, 1.54) is 6.20 Å². The minimum atomic E-state index is -4.17. The first kappa shape index (κ1) is 16.6. The van der Waals surface area contributed by atoms with Gasteiger partial charge in [0.2, 0.25) is 0 Å². The van der Waals surface area contributed by atoms with Gasteiger partial charge >= 0.3 is 12.3 Å². The van der Waals surface area contributed by atoms with Gasteiger partial charge in [0.05, 0.1) is 6.61 Å². The standard InChI is InChI=1S/C11H16F4N4O/c12-10(13)11(14,15)6-20-5-8(19-17)4-7-2-1-3-18-9(7)16/h1-3,8,10,19H,4-6,17H2,(H2,16,18). The molecule has 0 bridgehead atoms. The van der Waals surface area contributed by atoms with Crippen LogP contribution in [0.2, 0.25) is 0 Å². The first-order valence-electron chi connectivity index (χ1n) is 5.76. The molecule has 0 spiro atoms. The van der Waals surface area contributed by atoms with Gasteiger partial charge in [-0.15, -0.1) is 0 Å². The minimum absolute atomic E-state index is 0.257. The maximum Gasteiger partial charge on any atom is 0.330 e. The summed E-state index contributed by atoms with van der Waals surface area (Å²) in [6.45, 7) is -1.63. The third kappa shape index (κ3) is 4.91. The van der Waals surface area contributed by atoms with Crippen LogP contribution in [0, 0.1) is 0 Å². The molecule has 1 aromatic rings. The molecule has 1 aromatic heterocycles. The van der Waals surface area contributed by atoms with Crippen LogP contribution < -0.4 is 17.0 Å². The number of hydrogen-bond acceptors (Lipinski definition) is 5. The van der Waals surface area contributed by atoms with Crippen LogP contribution >= 0.6 is 0 Å². The maximum absolute atomic E-state index is 12.6. The van der Waals surface area contributed by atoms with Crippen molar-refractivity contribution in [2.24, 2.45) is 5.84 Å². The molecule has 1 unspecified atom stereocenters. The average Bonchev–Trinajstić information content (AvgIpc) is 2.39. The quantitative estimate of drug-likeness (QED) is 0.378. The van der Waals surface area contributed by atoms with Crippen LogP contribution in [-0.2, 0) is 11.2 Å². The van der Waals surface area contributed by atoms with Crippen LogP contribution in [0.25, 0.3) is 0 Å². The molecule has 0 fully saturated rings. The zero-order valence-electron chi connectivity index (χ0n) is 10.5. The van der Waals surface area contributed by atoms with Crippen LogP contribution in [0.4, 0.5) is 23.4 Å². The molecule has 0 saturated carbocycles. The van der Waals surface area contributed by atoms with Crippen molar-refractivity contribution in [3.8, 4) is 0 Å². The van der Waals surface area contributed by atoms with E-state index < -0.39 is 25.0 Å². The number of halogens is 4. The molecule has 0 amide bonds. The number of ether oxygens (including phenoxy) is 1. The van der Waals surface area contributed by atoms with E-state index in [2.05, 4.69) is 15.1 Å². The second kappa shape index (κ2) is 7.36. The number of nitrogens with zero attached hydrogens (tertiary/aromatic N) is 1. The van der Waals surface area contributed by atoms with E-state index >= 15 is 0 Å². The topological polar surface area (TPSA) is 86.2 Å². The zero-order chi connectivity index (χ0) is 15.2. The molecule has 0 aliphatic rings. The maximum atomic E-state index is 12.6. The summed E-state index contributed by atoms with van der Waals surface area (Å²) < 4.78 is 53.7. The summed E-state index contributed by atoms with van der Waals surface area (Å²) in [6.07, 6.45) is -1.99. The summed E-state index contributed by atoms with van der Waals surface area (Å²) >= 11 is 0. The largest absolute Gasteiger partial charge is 0.383 e. The van der Waals surface area contributed by atoms with Crippen molar-refractivity contribution in [1.29, 1.82) is 0 Å². The molecule has 20 heavy (non-hydrogen) atoms. The Labute approximate surface area is 113 Å². The second-order valence-electron chi connectivity index (χ2n) is 4.19. The van der Waals surface area contributed by atoms with Gasteiger partial charge < -0.3 is 10.5 Å². The lowest BCUT2D eigenvalue weighted by atomic mass is 10.1. The third-order valence-corrected chi connectivity index (χ3v) is 2.56. The molecule has 5 N–H and O–H groups in total. The summed E-state index contributed by atoms with van der Waals surface area (Å²) in [5.41, 5.74) is 8.63. The van der Waals surface area contributed by atoms with Crippen LogP contribution in [-0.4, -0.2) is 36.6 Å². The number of alkyl halides is 4. The Balaban J connectivity index is 2.47. The van der Waals surface area contributed by atoms with E-state index in [-0.39, 0.29) is 18.8 Å². The lowest BCUT2D eigenvalue weighted by molar-refractivity contribution is -0.167. The number of nitrogens with one attached hydrogen (secondary N) is 1. The van der Waals surface area contributed by atoms with Gasteiger partial charge in [-0.2, -0.15) is 8.78 Å². The van der Waals surface area contributed by atoms with Crippen molar-refractivity contribution in [3.63, 3.8) is 0 Å². The summed E-state index contributed by atoms with van der Waals surface area (Å²) in [4.78, 5) is 3.86. The van der Waals surface area contributed by atoms with Crippen LogP contribution in [0.3, 0.4) is 0 Å². The summed E-state index contributed by atoms with van der Waals surface area (Å²) in [5, 5.41) is 0. The van der Waals surface area contributed by atoms with Gasteiger partial charge in [0.1, 0.15) is 12.4 Å². The summed E-state index contributed by atoms with van der Waals surface area (Å²) in [7, 11) is 0. The van der Waals surface area contributed by atoms with Crippen LogP contribution in [0.1, 0.15) is 5.56 Å². The van der Waals surface area contributed by atoms with E-state index in [1.54, 1.807) is 12.1 Å². The van der Waals surface area contributed by atoms with E-state index in [0.717, 1.165) is 0 Å². The molecule has 1 heterocycles. The highest BCUT2D eigenvalue weighted by molar-refractivity contribution is 5.38.